The van der Waals surface area contributed by atoms with E-state index in [0.717, 1.165) is 11.3 Å². The summed E-state index contributed by atoms with van der Waals surface area (Å²) in [5, 5.41) is 2.87. The van der Waals surface area contributed by atoms with Crippen molar-refractivity contribution in [3.63, 3.8) is 0 Å². The molecule has 0 aliphatic heterocycles. The zero-order valence-electron chi connectivity index (χ0n) is 13.6. The fraction of sp³-hybridized carbons (Fsp3) is 0.263. The summed E-state index contributed by atoms with van der Waals surface area (Å²) in [5.41, 5.74) is 2.52. The first kappa shape index (κ1) is 16.7. The van der Waals surface area contributed by atoms with Crippen LogP contribution in [0, 0.1) is 0 Å². The van der Waals surface area contributed by atoms with Crippen LogP contribution >= 0.6 is 0 Å². The summed E-state index contributed by atoms with van der Waals surface area (Å²) >= 11 is 0. The third-order valence-electron chi connectivity index (χ3n) is 3.49. The van der Waals surface area contributed by atoms with E-state index in [2.05, 4.69) is 19.2 Å². The lowest BCUT2D eigenvalue weighted by Crippen LogP contribution is -2.21. The van der Waals surface area contributed by atoms with E-state index in [-0.39, 0.29) is 18.3 Å². The normalized spacial score (nSPS) is 10.4. The minimum atomic E-state index is -0.214. The molecule has 0 aliphatic rings. The molecule has 2 aromatic carbocycles. The Bertz CT molecular complexity index is 690. The Balaban J connectivity index is 1.94. The van der Waals surface area contributed by atoms with Crippen LogP contribution < -0.4 is 10.1 Å². The number of Topliss-reactive ketones (excluding diaryl/α,β-unsaturated/α-hetero) is 1. The number of ketones is 1. The van der Waals surface area contributed by atoms with Gasteiger partial charge in [-0.2, -0.15) is 0 Å². The van der Waals surface area contributed by atoms with Crippen molar-refractivity contribution in [2.75, 3.05) is 11.9 Å². The van der Waals surface area contributed by atoms with Crippen LogP contribution in [-0.4, -0.2) is 18.3 Å². The van der Waals surface area contributed by atoms with E-state index in [1.54, 1.807) is 24.3 Å². The number of rotatable bonds is 6. The number of carbonyl (C=O) groups is 2. The van der Waals surface area contributed by atoms with Gasteiger partial charge in [0.2, 0.25) is 0 Å². The molecule has 0 radical (unpaired) electrons. The Kier molecular flexibility index (Phi) is 5.52. The fourth-order valence-electron chi connectivity index (χ4n) is 2.24. The van der Waals surface area contributed by atoms with Crippen molar-refractivity contribution >= 4 is 17.4 Å². The number of para-hydroxylation sites is 1. The van der Waals surface area contributed by atoms with Crippen molar-refractivity contribution in [3.8, 4) is 5.75 Å². The molecule has 4 heteroatoms. The van der Waals surface area contributed by atoms with Crippen molar-refractivity contribution in [2.24, 2.45) is 0 Å². The average molecular weight is 311 g/mol. The van der Waals surface area contributed by atoms with Crippen molar-refractivity contribution in [1.82, 2.24) is 0 Å². The molecule has 0 saturated heterocycles. The molecule has 120 valence electrons. The molecule has 23 heavy (non-hydrogen) atoms. The second kappa shape index (κ2) is 7.58. The minimum Gasteiger partial charge on any atom is -0.484 e. The first-order valence-corrected chi connectivity index (χ1v) is 7.60. The molecule has 0 aliphatic carbocycles. The zero-order valence-corrected chi connectivity index (χ0v) is 13.6. The number of benzene rings is 2. The van der Waals surface area contributed by atoms with Crippen LogP contribution in [0.2, 0.25) is 0 Å². The predicted octanol–water partition coefficient (Wildman–Crippen LogP) is 4.03. The number of ether oxygens (including phenoxy) is 1. The Labute approximate surface area is 136 Å². The second-order valence-electron chi connectivity index (χ2n) is 5.66. The first-order valence-electron chi connectivity index (χ1n) is 7.60. The third-order valence-corrected chi connectivity index (χ3v) is 3.49. The zero-order chi connectivity index (χ0) is 16.8. The monoisotopic (exact) mass is 311 g/mol. The lowest BCUT2D eigenvalue weighted by molar-refractivity contribution is -0.118. The van der Waals surface area contributed by atoms with E-state index in [1.165, 1.54) is 6.92 Å². The number of carbonyl (C=O) groups excluding carboxylic acids is 2. The fourth-order valence-corrected chi connectivity index (χ4v) is 2.24. The maximum absolute atomic E-state index is 12.0. The smallest absolute Gasteiger partial charge is 0.262 e. The highest BCUT2D eigenvalue weighted by Gasteiger charge is 2.09. The number of amides is 1. The van der Waals surface area contributed by atoms with Gasteiger partial charge in [0, 0.05) is 11.3 Å². The maximum atomic E-state index is 12.0. The van der Waals surface area contributed by atoms with Gasteiger partial charge in [0.1, 0.15) is 5.75 Å². The van der Waals surface area contributed by atoms with Crippen LogP contribution in [0.4, 0.5) is 5.69 Å². The van der Waals surface area contributed by atoms with Gasteiger partial charge in [0.25, 0.3) is 5.91 Å². The molecule has 0 saturated carbocycles. The molecular weight excluding hydrogens is 290 g/mol. The van der Waals surface area contributed by atoms with Gasteiger partial charge in [-0.15, -0.1) is 0 Å². The first-order chi connectivity index (χ1) is 11.0. The molecule has 0 fully saturated rings. The molecule has 0 bridgehead atoms. The van der Waals surface area contributed by atoms with Gasteiger partial charge in [0.05, 0.1) is 0 Å². The van der Waals surface area contributed by atoms with E-state index in [0.29, 0.717) is 17.2 Å². The number of hydrogen-bond acceptors (Lipinski definition) is 3. The van der Waals surface area contributed by atoms with Gasteiger partial charge in [-0.3, -0.25) is 9.59 Å². The Morgan fingerprint density at radius 2 is 1.70 bits per heavy atom. The number of anilines is 1. The number of nitrogens with one attached hydrogen (secondary N) is 1. The van der Waals surface area contributed by atoms with Crippen LogP contribution in [0.3, 0.4) is 0 Å². The molecule has 0 aromatic heterocycles. The van der Waals surface area contributed by atoms with Crippen molar-refractivity contribution in [2.45, 2.75) is 26.7 Å². The van der Waals surface area contributed by atoms with Crippen LogP contribution in [0.1, 0.15) is 42.6 Å². The summed E-state index contributed by atoms with van der Waals surface area (Å²) in [6.45, 7) is 5.59. The number of hydrogen-bond donors (Lipinski definition) is 1. The summed E-state index contributed by atoms with van der Waals surface area (Å²) in [7, 11) is 0. The van der Waals surface area contributed by atoms with Crippen molar-refractivity contribution in [3.05, 3.63) is 59.7 Å². The highest BCUT2D eigenvalue weighted by Crippen LogP contribution is 2.23. The summed E-state index contributed by atoms with van der Waals surface area (Å²) in [5.74, 6) is 0.669. The van der Waals surface area contributed by atoms with E-state index in [1.807, 2.05) is 24.3 Å². The lowest BCUT2D eigenvalue weighted by atomic mass is 10.0. The quantitative estimate of drug-likeness (QED) is 0.819. The van der Waals surface area contributed by atoms with Crippen LogP contribution in [0.15, 0.2) is 48.5 Å². The Hall–Kier alpha value is -2.62. The van der Waals surface area contributed by atoms with Crippen molar-refractivity contribution < 1.29 is 14.3 Å². The summed E-state index contributed by atoms with van der Waals surface area (Å²) in [4.78, 5) is 23.3. The predicted molar refractivity (Wildman–Crippen MR) is 91.1 cm³/mol. The molecule has 2 aromatic rings. The highest BCUT2D eigenvalue weighted by atomic mass is 16.5. The van der Waals surface area contributed by atoms with E-state index in [4.69, 9.17) is 4.74 Å². The van der Waals surface area contributed by atoms with Gasteiger partial charge in [-0.25, -0.2) is 0 Å². The summed E-state index contributed by atoms with van der Waals surface area (Å²) in [6.07, 6.45) is 0. The van der Waals surface area contributed by atoms with Crippen molar-refractivity contribution in [1.29, 1.82) is 0 Å². The Morgan fingerprint density at radius 3 is 2.30 bits per heavy atom. The van der Waals surface area contributed by atoms with Crippen LogP contribution in [-0.2, 0) is 4.79 Å². The topological polar surface area (TPSA) is 55.4 Å². The van der Waals surface area contributed by atoms with Crippen LogP contribution in [0.5, 0.6) is 5.75 Å². The van der Waals surface area contributed by atoms with Gasteiger partial charge in [0.15, 0.2) is 12.4 Å². The molecule has 1 N–H and O–H groups in total. The highest BCUT2D eigenvalue weighted by molar-refractivity contribution is 5.94. The van der Waals surface area contributed by atoms with E-state index >= 15 is 0 Å². The second-order valence-corrected chi connectivity index (χ2v) is 5.66. The molecule has 0 spiro atoms. The lowest BCUT2D eigenvalue weighted by Gasteiger charge is -2.14. The van der Waals surface area contributed by atoms with Gasteiger partial charge in [-0.1, -0.05) is 32.0 Å². The Morgan fingerprint density at radius 1 is 1.04 bits per heavy atom. The van der Waals surface area contributed by atoms with E-state index < -0.39 is 0 Å². The minimum absolute atomic E-state index is 0.000384. The van der Waals surface area contributed by atoms with Gasteiger partial charge < -0.3 is 10.1 Å². The molecule has 0 atom stereocenters. The molecule has 4 nitrogen and oxygen atoms in total. The molecule has 0 unspecified atom stereocenters. The maximum Gasteiger partial charge on any atom is 0.262 e. The SMILES string of the molecule is CC(=O)c1ccc(OCC(=O)Nc2ccccc2C(C)C)cc1. The summed E-state index contributed by atoms with van der Waals surface area (Å²) in [6, 6.07) is 14.5. The van der Waals surface area contributed by atoms with Crippen LogP contribution in [0.25, 0.3) is 0 Å². The summed E-state index contributed by atoms with van der Waals surface area (Å²) < 4.78 is 5.45. The molecule has 1 amide bonds. The molecule has 0 heterocycles. The average Bonchev–Trinajstić information content (AvgIpc) is 2.53. The largest absolute Gasteiger partial charge is 0.484 e. The van der Waals surface area contributed by atoms with Gasteiger partial charge >= 0.3 is 0 Å². The molecular formula is C19H21NO3. The molecule has 2 rings (SSSR count). The standard InChI is InChI=1S/C19H21NO3/c1-13(2)17-6-4-5-7-18(17)20-19(22)12-23-16-10-8-15(9-11-16)14(3)21/h4-11,13H,12H2,1-3H3,(H,20,22). The van der Waals surface area contributed by atoms with Gasteiger partial charge in [-0.05, 0) is 48.7 Å². The third kappa shape index (κ3) is 4.68. The van der Waals surface area contributed by atoms with E-state index in [9.17, 15) is 9.59 Å².